The number of nitrogens with two attached hydrogens (primary N) is 1. The number of hydrogen-bond donors (Lipinski definition) is 2. The van der Waals surface area contributed by atoms with Gasteiger partial charge in [0.05, 0.1) is 0 Å². The molecule has 3 nitrogen and oxygen atoms in total. The van der Waals surface area contributed by atoms with Crippen LogP contribution in [0.3, 0.4) is 0 Å². The van der Waals surface area contributed by atoms with Gasteiger partial charge in [-0.2, -0.15) is 0 Å². The van der Waals surface area contributed by atoms with Crippen molar-refractivity contribution in [3.63, 3.8) is 0 Å². The number of allylic oxidation sites excluding steroid dienone is 1. The van der Waals surface area contributed by atoms with Crippen LogP contribution in [-0.4, -0.2) is 16.9 Å². The SMILES string of the molecule is CC([NH2+]C=C=CC(=O)c1ccccc1)C(O)c1ccccc1.[Cl-]. The molecule has 3 N–H and O–H groups in total. The zero-order chi connectivity index (χ0) is 15.8. The second-order valence-corrected chi connectivity index (χ2v) is 5.12. The molecule has 2 aromatic rings. The van der Waals surface area contributed by atoms with Crippen LogP contribution in [0.4, 0.5) is 0 Å². The first-order chi connectivity index (χ1) is 10.7. The Morgan fingerprint density at radius 3 is 2.26 bits per heavy atom. The van der Waals surface area contributed by atoms with Crippen molar-refractivity contribution in [3.05, 3.63) is 89.8 Å². The van der Waals surface area contributed by atoms with E-state index in [9.17, 15) is 9.90 Å². The molecule has 2 rings (SSSR count). The predicted octanol–water partition coefficient (Wildman–Crippen LogP) is -0.772. The highest BCUT2D eigenvalue weighted by molar-refractivity contribution is 6.04. The molecule has 0 saturated heterocycles. The molecule has 4 heteroatoms. The molecule has 0 fully saturated rings. The lowest BCUT2D eigenvalue weighted by molar-refractivity contribution is -0.632. The summed E-state index contributed by atoms with van der Waals surface area (Å²) in [6, 6.07) is 18.5. The first kappa shape index (κ1) is 18.9. The Morgan fingerprint density at radius 2 is 1.65 bits per heavy atom. The molecule has 0 radical (unpaired) electrons. The highest BCUT2D eigenvalue weighted by Gasteiger charge is 2.17. The minimum Gasteiger partial charge on any atom is -1.00 e. The largest absolute Gasteiger partial charge is 1.00 e. The molecule has 23 heavy (non-hydrogen) atoms. The third-order valence-electron chi connectivity index (χ3n) is 3.41. The maximum absolute atomic E-state index is 11.8. The molecular formula is C19H20ClNO2. The number of halogens is 1. The highest BCUT2D eigenvalue weighted by atomic mass is 35.5. The fourth-order valence-corrected chi connectivity index (χ4v) is 2.08. The number of aliphatic hydroxyl groups excluding tert-OH is 1. The molecule has 0 amide bonds. The Hall–Kier alpha value is -2.16. The van der Waals surface area contributed by atoms with E-state index in [-0.39, 0.29) is 24.2 Å². The van der Waals surface area contributed by atoms with Crippen LogP contribution in [0.1, 0.15) is 28.9 Å². The van der Waals surface area contributed by atoms with E-state index in [1.165, 1.54) is 6.08 Å². The average molecular weight is 330 g/mol. The van der Waals surface area contributed by atoms with E-state index in [4.69, 9.17) is 0 Å². The van der Waals surface area contributed by atoms with Crippen LogP contribution in [0.2, 0.25) is 0 Å². The van der Waals surface area contributed by atoms with Gasteiger partial charge in [0.2, 0.25) is 0 Å². The van der Waals surface area contributed by atoms with Crippen LogP contribution in [0.5, 0.6) is 0 Å². The van der Waals surface area contributed by atoms with Gasteiger partial charge in [0.25, 0.3) is 0 Å². The van der Waals surface area contributed by atoms with E-state index in [1.54, 1.807) is 18.3 Å². The first-order valence-electron chi connectivity index (χ1n) is 7.27. The van der Waals surface area contributed by atoms with Crippen molar-refractivity contribution < 1.29 is 27.6 Å². The monoisotopic (exact) mass is 329 g/mol. The summed E-state index contributed by atoms with van der Waals surface area (Å²) in [5.41, 5.74) is 4.37. The lowest BCUT2D eigenvalue weighted by Crippen LogP contribution is -3.00. The summed E-state index contributed by atoms with van der Waals surface area (Å²) < 4.78 is 0. The van der Waals surface area contributed by atoms with Crippen molar-refractivity contribution in [2.24, 2.45) is 0 Å². The molecule has 2 unspecified atom stereocenters. The molecule has 0 aliphatic rings. The number of hydrogen-bond acceptors (Lipinski definition) is 2. The Morgan fingerprint density at radius 1 is 1.09 bits per heavy atom. The van der Waals surface area contributed by atoms with E-state index in [1.807, 2.05) is 60.8 Å². The molecule has 0 spiro atoms. The van der Waals surface area contributed by atoms with E-state index < -0.39 is 6.10 Å². The molecule has 0 bridgehead atoms. The molecule has 120 valence electrons. The molecule has 2 aromatic carbocycles. The Labute approximate surface area is 142 Å². The number of benzene rings is 2. The van der Waals surface area contributed by atoms with Gasteiger partial charge in [-0.3, -0.25) is 4.79 Å². The highest BCUT2D eigenvalue weighted by Crippen LogP contribution is 2.13. The fraction of sp³-hybridized carbons (Fsp3) is 0.158. The van der Waals surface area contributed by atoms with Gasteiger partial charge >= 0.3 is 0 Å². The zero-order valence-corrected chi connectivity index (χ0v) is 13.6. The summed E-state index contributed by atoms with van der Waals surface area (Å²) in [7, 11) is 0. The van der Waals surface area contributed by atoms with Crippen LogP contribution in [0, 0.1) is 0 Å². The Balaban J connectivity index is 0.00000264. The second-order valence-electron chi connectivity index (χ2n) is 5.12. The van der Waals surface area contributed by atoms with Crippen LogP contribution < -0.4 is 17.7 Å². The predicted molar refractivity (Wildman–Crippen MR) is 86.2 cm³/mol. The number of aliphatic hydroxyl groups is 1. The Kier molecular flexibility index (Phi) is 8.03. The van der Waals surface area contributed by atoms with Gasteiger partial charge in [-0.1, -0.05) is 66.4 Å². The normalized spacial score (nSPS) is 12.3. The van der Waals surface area contributed by atoms with Crippen LogP contribution in [0.25, 0.3) is 0 Å². The topological polar surface area (TPSA) is 53.9 Å². The van der Waals surface area contributed by atoms with Gasteiger partial charge in [0, 0.05) is 11.6 Å². The number of ketones is 1. The third-order valence-corrected chi connectivity index (χ3v) is 3.41. The van der Waals surface area contributed by atoms with E-state index in [2.05, 4.69) is 5.73 Å². The molecule has 0 aliphatic carbocycles. The van der Waals surface area contributed by atoms with Crippen molar-refractivity contribution in [2.75, 3.05) is 0 Å². The molecule has 0 saturated carbocycles. The van der Waals surface area contributed by atoms with Crippen molar-refractivity contribution >= 4 is 5.78 Å². The molecular weight excluding hydrogens is 310 g/mol. The minimum atomic E-state index is -0.566. The number of quaternary nitrogens is 1. The fourth-order valence-electron chi connectivity index (χ4n) is 2.08. The molecule has 0 aliphatic heterocycles. The van der Waals surface area contributed by atoms with Gasteiger partial charge in [-0.05, 0) is 12.5 Å². The quantitative estimate of drug-likeness (QED) is 0.415. The Bertz CT molecular complexity index is 664. The lowest BCUT2D eigenvalue weighted by atomic mass is 10.0. The summed E-state index contributed by atoms with van der Waals surface area (Å²) in [5, 5.41) is 12.1. The smallest absolute Gasteiger partial charge is 0.193 e. The molecule has 0 heterocycles. The number of carbonyl (C=O) groups is 1. The van der Waals surface area contributed by atoms with Crippen LogP contribution in [-0.2, 0) is 0 Å². The summed E-state index contributed by atoms with van der Waals surface area (Å²) >= 11 is 0. The summed E-state index contributed by atoms with van der Waals surface area (Å²) in [4.78, 5) is 11.8. The first-order valence-corrected chi connectivity index (χ1v) is 7.27. The summed E-state index contributed by atoms with van der Waals surface area (Å²) in [6.07, 6.45) is 2.52. The second kappa shape index (κ2) is 9.78. The van der Waals surface area contributed by atoms with Gasteiger partial charge < -0.3 is 22.8 Å². The lowest BCUT2D eigenvalue weighted by Gasteiger charge is -2.15. The van der Waals surface area contributed by atoms with Gasteiger partial charge in [0.15, 0.2) is 5.78 Å². The van der Waals surface area contributed by atoms with E-state index in [0.717, 1.165) is 5.56 Å². The van der Waals surface area contributed by atoms with Gasteiger partial charge in [-0.15, -0.1) is 0 Å². The van der Waals surface area contributed by atoms with E-state index >= 15 is 0 Å². The summed E-state index contributed by atoms with van der Waals surface area (Å²) in [5.74, 6) is -0.0819. The molecule has 2 atom stereocenters. The van der Waals surface area contributed by atoms with Crippen molar-refractivity contribution in [1.82, 2.24) is 0 Å². The van der Waals surface area contributed by atoms with Crippen molar-refractivity contribution in [1.29, 1.82) is 0 Å². The van der Waals surface area contributed by atoms with Crippen molar-refractivity contribution in [3.8, 4) is 0 Å². The average Bonchev–Trinajstić information content (AvgIpc) is 2.59. The summed E-state index contributed by atoms with van der Waals surface area (Å²) in [6.45, 7) is 1.93. The van der Waals surface area contributed by atoms with Gasteiger partial charge in [0.1, 0.15) is 18.3 Å². The maximum atomic E-state index is 11.8. The minimum absolute atomic E-state index is 0. The van der Waals surface area contributed by atoms with Gasteiger partial charge in [-0.25, -0.2) is 0 Å². The number of carbonyl (C=O) groups excluding carboxylic acids is 1. The van der Waals surface area contributed by atoms with Crippen molar-refractivity contribution in [2.45, 2.75) is 19.1 Å². The van der Waals surface area contributed by atoms with Crippen LogP contribution >= 0.6 is 0 Å². The standard InChI is InChI=1S/C19H19NO2.ClH/c1-15(19(22)17-11-6-3-7-12-17)20-14-8-13-18(21)16-9-4-2-5-10-16;/h2-7,9-15,19-20,22H,1H3;1H. The number of rotatable bonds is 6. The molecule has 0 aromatic heterocycles. The zero-order valence-electron chi connectivity index (χ0n) is 12.9. The third kappa shape index (κ3) is 5.85. The van der Waals surface area contributed by atoms with Crippen LogP contribution in [0.15, 0.2) is 78.7 Å². The maximum Gasteiger partial charge on any atom is 0.193 e. The van der Waals surface area contributed by atoms with E-state index in [0.29, 0.717) is 5.56 Å².